The molecule has 0 spiro atoms. The summed E-state index contributed by atoms with van der Waals surface area (Å²) in [5.41, 5.74) is 6.48. The number of unbranched alkanes of at least 4 members (excludes halogenated alkanes) is 2. The highest BCUT2D eigenvalue weighted by atomic mass is 16.5. The molecular formula is C13H25N3O. The van der Waals surface area contributed by atoms with E-state index in [4.69, 9.17) is 10.5 Å². The van der Waals surface area contributed by atoms with Crippen LogP contribution in [0.25, 0.3) is 0 Å². The predicted molar refractivity (Wildman–Crippen MR) is 72.1 cm³/mol. The van der Waals surface area contributed by atoms with Crippen LogP contribution in [0.2, 0.25) is 0 Å². The summed E-state index contributed by atoms with van der Waals surface area (Å²) in [5.74, 6) is 0.402. The maximum absolute atomic E-state index is 5.75. The molecule has 17 heavy (non-hydrogen) atoms. The number of nitrogens with one attached hydrogen (secondary N) is 1. The topological polar surface area (TPSA) is 59.6 Å². The summed E-state index contributed by atoms with van der Waals surface area (Å²) >= 11 is 0. The van der Waals surface area contributed by atoms with E-state index in [1.165, 1.54) is 6.42 Å². The van der Waals surface area contributed by atoms with Crippen LogP contribution in [0.5, 0.6) is 0 Å². The van der Waals surface area contributed by atoms with E-state index in [1.54, 1.807) is 0 Å². The highest BCUT2D eigenvalue weighted by Gasteiger charge is 2.13. The zero-order valence-corrected chi connectivity index (χ0v) is 10.9. The SMILES string of the molecule is C=C(N)/N=C(\C)CCCCCOC1CCNC1. The Morgan fingerprint density at radius 3 is 2.94 bits per heavy atom. The standard InChI is InChI=1S/C13H25N3O/c1-11(16-12(2)14)6-4-3-5-9-17-13-7-8-15-10-13/h13,15H,2-10,14H2,1H3/b16-11+. The zero-order valence-electron chi connectivity index (χ0n) is 10.9. The number of nitrogens with two attached hydrogens (primary N) is 1. The minimum absolute atomic E-state index is 0.402. The van der Waals surface area contributed by atoms with Gasteiger partial charge in [-0.3, -0.25) is 0 Å². The molecule has 3 N–H and O–H groups in total. The van der Waals surface area contributed by atoms with E-state index in [0.717, 1.165) is 51.1 Å². The van der Waals surface area contributed by atoms with E-state index in [1.807, 2.05) is 6.92 Å². The Kier molecular flexibility index (Phi) is 6.89. The van der Waals surface area contributed by atoms with Gasteiger partial charge in [-0.15, -0.1) is 0 Å². The Hall–Kier alpha value is -0.870. The maximum Gasteiger partial charge on any atom is 0.115 e. The summed E-state index contributed by atoms with van der Waals surface area (Å²) in [5, 5.41) is 3.30. The van der Waals surface area contributed by atoms with Crippen LogP contribution in [-0.2, 0) is 4.74 Å². The Bertz CT molecular complexity index is 257. The average Bonchev–Trinajstić information content (AvgIpc) is 2.75. The van der Waals surface area contributed by atoms with Crippen molar-refractivity contribution in [1.82, 2.24) is 5.32 Å². The lowest BCUT2D eigenvalue weighted by Crippen LogP contribution is -2.17. The van der Waals surface area contributed by atoms with Crippen molar-refractivity contribution in [2.45, 2.75) is 45.1 Å². The first-order chi connectivity index (χ1) is 8.18. The fraction of sp³-hybridized carbons (Fsp3) is 0.769. The van der Waals surface area contributed by atoms with Gasteiger partial charge in [0.2, 0.25) is 0 Å². The third-order valence-corrected chi connectivity index (χ3v) is 2.89. The third kappa shape index (κ3) is 7.13. The molecule has 1 fully saturated rings. The van der Waals surface area contributed by atoms with Crippen LogP contribution in [0, 0.1) is 0 Å². The average molecular weight is 239 g/mol. The molecule has 0 aliphatic carbocycles. The molecule has 0 amide bonds. The fourth-order valence-corrected chi connectivity index (χ4v) is 1.98. The molecule has 0 radical (unpaired) electrons. The molecule has 4 heteroatoms. The number of rotatable bonds is 8. The van der Waals surface area contributed by atoms with Crippen LogP contribution in [0.3, 0.4) is 0 Å². The molecule has 1 saturated heterocycles. The van der Waals surface area contributed by atoms with Crippen LogP contribution < -0.4 is 11.1 Å². The number of hydrogen-bond acceptors (Lipinski definition) is 4. The molecule has 1 rings (SSSR count). The summed E-state index contributed by atoms with van der Waals surface area (Å²) < 4.78 is 5.75. The second-order valence-corrected chi connectivity index (χ2v) is 4.63. The van der Waals surface area contributed by atoms with E-state index in [-0.39, 0.29) is 0 Å². The van der Waals surface area contributed by atoms with Gasteiger partial charge in [0, 0.05) is 18.9 Å². The minimum Gasteiger partial charge on any atom is -0.384 e. The van der Waals surface area contributed by atoms with Gasteiger partial charge >= 0.3 is 0 Å². The van der Waals surface area contributed by atoms with Crippen molar-refractivity contribution in [1.29, 1.82) is 0 Å². The van der Waals surface area contributed by atoms with Gasteiger partial charge in [0.15, 0.2) is 0 Å². The predicted octanol–water partition coefficient (Wildman–Crippen LogP) is 1.82. The Morgan fingerprint density at radius 1 is 1.47 bits per heavy atom. The van der Waals surface area contributed by atoms with Crippen molar-refractivity contribution in [2.24, 2.45) is 10.7 Å². The van der Waals surface area contributed by atoms with Gasteiger partial charge in [-0.2, -0.15) is 0 Å². The minimum atomic E-state index is 0.402. The molecule has 1 aliphatic heterocycles. The first-order valence-electron chi connectivity index (χ1n) is 6.49. The summed E-state index contributed by atoms with van der Waals surface area (Å²) in [7, 11) is 0. The smallest absolute Gasteiger partial charge is 0.115 e. The first kappa shape index (κ1) is 14.2. The number of ether oxygens (including phenoxy) is 1. The van der Waals surface area contributed by atoms with Crippen LogP contribution in [0.15, 0.2) is 17.4 Å². The normalized spacial score (nSPS) is 20.8. The molecule has 4 nitrogen and oxygen atoms in total. The van der Waals surface area contributed by atoms with Gasteiger partial charge in [0.05, 0.1) is 6.10 Å². The van der Waals surface area contributed by atoms with Crippen LogP contribution in [0.1, 0.15) is 39.0 Å². The van der Waals surface area contributed by atoms with Crippen LogP contribution in [0.4, 0.5) is 0 Å². The molecular weight excluding hydrogens is 214 g/mol. The van der Waals surface area contributed by atoms with Gasteiger partial charge in [-0.25, -0.2) is 4.99 Å². The molecule has 1 atom stereocenters. The van der Waals surface area contributed by atoms with Gasteiger partial charge in [0.1, 0.15) is 5.82 Å². The second-order valence-electron chi connectivity index (χ2n) is 4.63. The van der Waals surface area contributed by atoms with E-state index in [9.17, 15) is 0 Å². The van der Waals surface area contributed by atoms with Crippen molar-refractivity contribution < 1.29 is 4.74 Å². The molecule has 1 unspecified atom stereocenters. The van der Waals surface area contributed by atoms with Gasteiger partial charge in [-0.1, -0.05) is 13.0 Å². The van der Waals surface area contributed by atoms with Crippen molar-refractivity contribution in [3.8, 4) is 0 Å². The largest absolute Gasteiger partial charge is 0.384 e. The Labute approximate surface area is 104 Å². The van der Waals surface area contributed by atoms with Crippen molar-refractivity contribution in [2.75, 3.05) is 19.7 Å². The molecule has 0 aromatic carbocycles. The molecule has 0 aromatic rings. The lowest BCUT2D eigenvalue weighted by molar-refractivity contribution is 0.0643. The van der Waals surface area contributed by atoms with Gasteiger partial charge < -0.3 is 15.8 Å². The molecule has 0 saturated carbocycles. The number of hydrogen-bond donors (Lipinski definition) is 2. The van der Waals surface area contributed by atoms with E-state index in [0.29, 0.717) is 11.9 Å². The highest BCUT2D eigenvalue weighted by molar-refractivity contribution is 5.82. The monoisotopic (exact) mass is 239 g/mol. The quantitative estimate of drug-likeness (QED) is 0.502. The molecule has 0 bridgehead atoms. The summed E-state index contributed by atoms with van der Waals surface area (Å²) in [4.78, 5) is 4.12. The second kappa shape index (κ2) is 8.25. The zero-order chi connectivity index (χ0) is 12.5. The molecule has 1 heterocycles. The lowest BCUT2D eigenvalue weighted by atomic mass is 10.1. The van der Waals surface area contributed by atoms with Crippen LogP contribution >= 0.6 is 0 Å². The van der Waals surface area contributed by atoms with E-state index >= 15 is 0 Å². The van der Waals surface area contributed by atoms with E-state index in [2.05, 4.69) is 16.9 Å². The lowest BCUT2D eigenvalue weighted by Gasteiger charge is -2.09. The fourth-order valence-electron chi connectivity index (χ4n) is 1.98. The molecule has 1 aliphatic rings. The summed E-state index contributed by atoms with van der Waals surface area (Å²) in [6.07, 6.45) is 6.07. The van der Waals surface area contributed by atoms with Crippen molar-refractivity contribution in [3.63, 3.8) is 0 Å². The van der Waals surface area contributed by atoms with Crippen molar-refractivity contribution in [3.05, 3.63) is 12.4 Å². The molecule has 0 aromatic heterocycles. The Morgan fingerprint density at radius 2 is 2.29 bits per heavy atom. The van der Waals surface area contributed by atoms with Crippen LogP contribution in [-0.4, -0.2) is 31.5 Å². The third-order valence-electron chi connectivity index (χ3n) is 2.89. The van der Waals surface area contributed by atoms with E-state index < -0.39 is 0 Å². The van der Waals surface area contributed by atoms with Gasteiger partial charge in [-0.05, 0) is 39.2 Å². The number of nitrogens with zero attached hydrogens (tertiary/aromatic N) is 1. The van der Waals surface area contributed by atoms with Crippen molar-refractivity contribution >= 4 is 5.71 Å². The molecule has 98 valence electrons. The Balaban J connectivity index is 1.92. The first-order valence-corrected chi connectivity index (χ1v) is 6.49. The summed E-state index contributed by atoms with van der Waals surface area (Å²) in [6.45, 7) is 8.56. The summed E-state index contributed by atoms with van der Waals surface area (Å²) in [6, 6.07) is 0. The highest BCUT2D eigenvalue weighted by Crippen LogP contribution is 2.06. The maximum atomic E-state index is 5.75. The number of aliphatic imine (C=N–C) groups is 1. The van der Waals surface area contributed by atoms with Gasteiger partial charge in [0.25, 0.3) is 0 Å².